The van der Waals surface area contributed by atoms with Crippen molar-refractivity contribution in [3.8, 4) is 0 Å². The number of hydrogen-bond acceptors (Lipinski definition) is 7. The average molecular weight is 465 g/mol. The van der Waals surface area contributed by atoms with E-state index in [2.05, 4.69) is 21.2 Å². The smallest absolute Gasteiger partial charge is 0.341 e. The molecule has 0 aliphatic carbocycles. The minimum absolute atomic E-state index is 0.0730. The maximum Gasteiger partial charge on any atom is 0.341 e. The summed E-state index contributed by atoms with van der Waals surface area (Å²) in [6.07, 6.45) is -0.482. The van der Waals surface area contributed by atoms with Crippen LogP contribution in [-0.2, 0) is 34.0 Å². The topological polar surface area (TPSA) is 117 Å². The molecule has 1 amide bonds. The second-order valence-corrected chi connectivity index (χ2v) is 7.76. The summed E-state index contributed by atoms with van der Waals surface area (Å²) >= 11 is 3.38. The van der Waals surface area contributed by atoms with Crippen LogP contribution in [0.5, 0.6) is 0 Å². The number of carbonyl (C=O) groups is 3. The zero-order chi connectivity index (χ0) is 21.5. The van der Waals surface area contributed by atoms with Gasteiger partial charge in [0.15, 0.2) is 0 Å². The molecule has 8 nitrogen and oxygen atoms in total. The molecule has 0 saturated heterocycles. The number of fused-ring (bicyclic) bond motifs is 2. The molecular formula is C20H21BrN2O6. The van der Waals surface area contributed by atoms with Crippen molar-refractivity contribution >= 4 is 39.5 Å². The number of carbonyl (C=O) groups excluding carboxylic acids is 3. The van der Waals surface area contributed by atoms with Crippen molar-refractivity contribution in [3.63, 3.8) is 0 Å². The molecule has 154 valence electrons. The first-order chi connectivity index (χ1) is 13.6. The van der Waals surface area contributed by atoms with Gasteiger partial charge in [0.05, 0.1) is 12.7 Å². The van der Waals surface area contributed by atoms with E-state index >= 15 is 0 Å². The van der Waals surface area contributed by atoms with E-state index in [9.17, 15) is 14.4 Å². The molecule has 3 N–H and O–H groups in total. The highest BCUT2D eigenvalue weighted by molar-refractivity contribution is 9.10. The van der Waals surface area contributed by atoms with E-state index in [-0.39, 0.29) is 29.4 Å². The van der Waals surface area contributed by atoms with E-state index in [1.807, 2.05) is 0 Å². The standard InChI is InChI=1S/C20H21BrN2O6/c1-5-27-17(24)14-10(4)29-16(22)15(18(25)28-9(2)3)20(14)12-8-11(21)6-7-13(12)23-19(20)26/h6-9H,5,22H2,1-4H3,(H,23,26)/t20-/m1/s1. The Morgan fingerprint density at radius 1 is 1.28 bits per heavy atom. The van der Waals surface area contributed by atoms with Gasteiger partial charge < -0.3 is 25.3 Å². The summed E-state index contributed by atoms with van der Waals surface area (Å²) in [7, 11) is 0. The summed E-state index contributed by atoms with van der Waals surface area (Å²) in [5.74, 6) is -2.48. The fraction of sp³-hybridized carbons (Fsp3) is 0.350. The van der Waals surface area contributed by atoms with Crippen LogP contribution in [0.4, 0.5) is 5.69 Å². The highest BCUT2D eigenvalue weighted by atomic mass is 79.9. The molecule has 3 rings (SSSR count). The predicted molar refractivity (Wildman–Crippen MR) is 107 cm³/mol. The van der Waals surface area contributed by atoms with Crippen molar-refractivity contribution in [2.24, 2.45) is 5.73 Å². The van der Waals surface area contributed by atoms with Gasteiger partial charge in [0.1, 0.15) is 22.3 Å². The summed E-state index contributed by atoms with van der Waals surface area (Å²) in [6, 6.07) is 5.06. The number of benzene rings is 1. The van der Waals surface area contributed by atoms with E-state index in [4.69, 9.17) is 19.9 Å². The maximum absolute atomic E-state index is 13.4. The zero-order valence-electron chi connectivity index (χ0n) is 16.4. The first kappa shape index (κ1) is 20.9. The van der Waals surface area contributed by atoms with Crippen molar-refractivity contribution in [3.05, 3.63) is 51.0 Å². The highest BCUT2D eigenvalue weighted by Crippen LogP contribution is 2.53. The quantitative estimate of drug-likeness (QED) is 0.657. The van der Waals surface area contributed by atoms with Crippen molar-refractivity contribution in [2.45, 2.75) is 39.2 Å². The number of amides is 1. The normalized spacial score (nSPS) is 20.6. The minimum atomic E-state index is -1.86. The molecule has 1 aromatic rings. The second kappa shape index (κ2) is 7.55. The van der Waals surface area contributed by atoms with Crippen molar-refractivity contribution in [2.75, 3.05) is 11.9 Å². The van der Waals surface area contributed by atoms with Crippen LogP contribution >= 0.6 is 15.9 Å². The van der Waals surface area contributed by atoms with Gasteiger partial charge in [-0.2, -0.15) is 0 Å². The molecule has 2 heterocycles. The number of anilines is 1. The molecule has 0 fully saturated rings. The van der Waals surface area contributed by atoms with Gasteiger partial charge in [-0.3, -0.25) is 4.79 Å². The van der Waals surface area contributed by atoms with Gasteiger partial charge in [-0.05, 0) is 45.9 Å². The zero-order valence-corrected chi connectivity index (χ0v) is 18.0. The predicted octanol–water partition coefficient (Wildman–Crippen LogP) is 2.63. The molecule has 2 aliphatic heterocycles. The fourth-order valence-electron chi connectivity index (χ4n) is 3.64. The Hall–Kier alpha value is -2.81. The molecule has 1 aromatic carbocycles. The molecule has 9 heteroatoms. The molecule has 1 spiro atoms. The molecular weight excluding hydrogens is 444 g/mol. The lowest BCUT2D eigenvalue weighted by molar-refractivity contribution is -0.145. The lowest BCUT2D eigenvalue weighted by Gasteiger charge is -2.35. The number of hydrogen-bond donors (Lipinski definition) is 2. The summed E-state index contributed by atoms with van der Waals surface area (Å²) < 4.78 is 16.7. The van der Waals surface area contributed by atoms with Crippen LogP contribution in [0.2, 0.25) is 0 Å². The SMILES string of the molecule is CCOC(=O)C1=C(C)OC(N)=C(C(=O)OC(C)C)[C@]12C(=O)Nc1ccc(Br)cc12. The molecule has 0 saturated carbocycles. The summed E-state index contributed by atoms with van der Waals surface area (Å²) in [5, 5.41) is 2.74. The van der Waals surface area contributed by atoms with Crippen LogP contribution < -0.4 is 11.1 Å². The van der Waals surface area contributed by atoms with Crippen molar-refractivity contribution in [1.29, 1.82) is 0 Å². The van der Waals surface area contributed by atoms with Gasteiger partial charge in [0.25, 0.3) is 0 Å². The Labute approximate surface area is 176 Å². The molecule has 1 atom stereocenters. The molecule has 2 aliphatic rings. The summed E-state index contributed by atoms with van der Waals surface area (Å²) in [4.78, 5) is 39.4. The number of nitrogens with one attached hydrogen (secondary N) is 1. The molecule has 29 heavy (non-hydrogen) atoms. The summed E-state index contributed by atoms with van der Waals surface area (Å²) in [5.41, 5.74) is 4.67. The van der Waals surface area contributed by atoms with Crippen LogP contribution in [0.3, 0.4) is 0 Å². The maximum atomic E-state index is 13.4. The van der Waals surface area contributed by atoms with Gasteiger partial charge in [0, 0.05) is 15.7 Å². The molecule has 0 unspecified atom stereocenters. The van der Waals surface area contributed by atoms with E-state index in [1.54, 1.807) is 39.0 Å². The monoisotopic (exact) mass is 464 g/mol. The number of nitrogens with two attached hydrogens (primary N) is 1. The van der Waals surface area contributed by atoms with Crippen molar-refractivity contribution < 1.29 is 28.6 Å². The van der Waals surface area contributed by atoms with Gasteiger partial charge >= 0.3 is 11.9 Å². The van der Waals surface area contributed by atoms with Crippen LogP contribution in [0.1, 0.15) is 33.3 Å². The van der Waals surface area contributed by atoms with Crippen molar-refractivity contribution in [1.82, 2.24) is 0 Å². The average Bonchev–Trinajstić information content (AvgIpc) is 2.86. The van der Waals surface area contributed by atoms with Crippen LogP contribution in [0.25, 0.3) is 0 Å². The molecule has 0 aromatic heterocycles. The van der Waals surface area contributed by atoms with Gasteiger partial charge in [-0.15, -0.1) is 0 Å². The molecule has 0 bridgehead atoms. The number of allylic oxidation sites excluding steroid dienone is 1. The Balaban J connectivity index is 2.38. The van der Waals surface area contributed by atoms with Crippen LogP contribution in [0, 0.1) is 0 Å². The Morgan fingerprint density at radius 3 is 2.59 bits per heavy atom. The Kier molecular flexibility index (Phi) is 5.44. The van der Waals surface area contributed by atoms with Crippen LogP contribution in [-0.4, -0.2) is 30.6 Å². The van der Waals surface area contributed by atoms with E-state index in [0.717, 1.165) is 0 Å². The van der Waals surface area contributed by atoms with E-state index < -0.39 is 29.4 Å². The lowest BCUT2D eigenvalue weighted by atomic mass is 9.67. The highest BCUT2D eigenvalue weighted by Gasteiger charge is 2.61. The third kappa shape index (κ3) is 3.19. The van der Waals surface area contributed by atoms with Crippen LogP contribution in [0.15, 0.2) is 45.5 Å². The first-order valence-corrected chi connectivity index (χ1v) is 9.82. The summed E-state index contributed by atoms with van der Waals surface area (Å²) in [6.45, 7) is 6.54. The number of rotatable bonds is 4. The van der Waals surface area contributed by atoms with E-state index in [0.29, 0.717) is 15.7 Å². The Morgan fingerprint density at radius 2 is 1.97 bits per heavy atom. The lowest BCUT2D eigenvalue weighted by Crippen LogP contribution is -2.48. The number of halogens is 1. The second-order valence-electron chi connectivity index (χ2n) is 6.84. The largest absolute Gasteiger partial charge is 0.462 e. The van der Waals surface area contributed by atoms with Gasteiger partial charge in [0.2, 0.25) is 11.8 Å². The Bertz CT molecular complexity index is 981. The van der Waals surface area contributed by atoms with Gasteiger partial charge in [-0.1, -0.05) is 15.9 Å². The first-order valence-electron chi connectivity index (χ1n) is 9.03. The number of ether oxygens (including phenoxy) is 3. The van der Waals surface area contributed by atoms with E-state index in [1.165, 1.54) is 6.92 Å². The fourth-order valence-corrected chi connectivity index (χ4v) is 4.00. The van der Waals surface area contributed by atoms with Gasteiger partial charge in [-0.25, -0.2) is 9.59 Å². The number of esters is 2. The molecule has 0 radical (unpaired) electrons. The minimum Gasteiger partial charge on any atom is -0.462 e. The third-order valence-electron chi connectivity index (χ3n) is 4.61. The third-order valence-corrected chi connectivity index (χ3v) is 5.11.